The number of para-hydroxylation sites is 1. The minimum absolute atomic E-state index is 0.125. The molecule has 1 aliphatic rings. The molecule has 1 aliphatic heterocycles. The van der Waals surface area contributed by atoms with Gasteiger partial charge in [-0.25, -0.2) is 9.55 Å². The molecule has 0 radical (unpaired) electrons. The Labute approximate surface area is 192 Å². The first-order valence-electron chi connectivity index (χ1n) is 11.3. The molecule has 1 aromatic heterocycles. The average molecular weight is 439 g/mol. The van der Waals surface area contributed by atoms with E-state index in [0.717, 1.165) is 37.2 Å². The molecule has 0 atom stereocenters. The lowest BCUT2D eigenvalue weighted by molar-refractivity contribution is 0.0951. The number of rotatable bonds is 5. The van der Waals surface area contributed by atoms with Gasteiger partial charge >= 0.3 is 0 Å². The molecule has 1 saturated heterocycles. The van der Waals surface area contributed by atoms with Gasteiger partial charge in [-0.15, -0.1) is 0 Å². The summed E-state index contributed by atoms with van der Waals surface area (Å²) in [5.41, 5.74) is 3.91. The Kier molecular flexibility index (Phi) is 5.65. The highest BCUT2D eigenvalue weighted by atomic mass is 16.1. The normalized spacial score (nSPS) is 13.4. The van der Waals surface area contributed by atoms with Crippen LogP contribution in [-0.2, 0) is 6.54 Å². The molecule has 2 heterocycles. The Balaban J connectivity index is 1.51. The Morgan fingerprint density at radius 1 is 0.970 bits per heavy atom. The van der Waals surface area contributed by atoms with Gasteiger partial charge in [0.15, 0.2) is 0 Å². The number of fused-ring (bicyclic) bond motifs is 1. The van der Waals surface area contributed by atoms with Crippen LogP contribution >= 0.6 is 0 Å². The second-order valence-electron chi connectivity index (χ2n) is 8.48. The van der Waals surface area contributed by atoms with E-state index in [4.69, 9.17) is 4.98 Å². The number of aromatic nitrogens is 2. The zero-order valence-corrected chi connectivity index (χ0v) is 18.6. The van der Waals surface area contributed by atoms with E-state index in [0.29, 0.717) is 29.0 Å². The highest BCUT2D eigenvalue weighted by Crippen LogP contribution is 2.23. The predicted molar refractivity (Wildman–Crippen MR) is 131 cm³/mol. The Bertz CT molecular complexity index is 1360. The fraction of sp³-hybridized carbons (Fsp3) is 0.222. The summed E-state index contributed by atoms with van der Waals surface area (Å²) in [5.74, 6) is 0.447. The van der Waals surface area contributed by atoms with Gasteiger partial charge in [-0.1, -0.05) is 48.0 Å². The third-order valence-corrected chi connectivity index (χ3v) is 6.09. The van der Waals surface area contributed by atoms with Gasteiger partial charge in [-0.2, -0.15) is 0 Å². The molecule has 1 N–H and O–H groups in total. The third-order valence-electron chi connectivity index (χ3n) is 6.09. The largest absolute Gasteiger partial charge is 0.348 e. The smallest absolute Gasteiger partial charge is 0.267 e. The van der Waals surface area contributed by atoms with Crippen LogP contribution in [0.3, 0.4) is 0 Å². The summed E-state index contributed by atoms with van der Waals surface area (Å²) in [4.78, 5) is 33.4. The summed E-state index contributed by atoms with van der Waals surface area (Å²) in [6.45, 7) is 4.20. The van der Waals surface area contributed by atoms with Crippen LogP contribution < -0.4 is 15.8 Å². The van der Waals surface area contributed by atoms with Crippen LogP contribution in [0.5, 0.6) is 0 Å². The highest BCUT2D eigenvalue weighted by Gasteiger charge is 2.21. The van der Waals surface area contributed by atoms with Crippen LogP contribution in [-0.4, -0.2) is 28.5 Å². The molecule has 1 amide bonds. The fourth-order valence-electron chi connectivity index (χ4n) is 4.24. The van der Waals surface area contributed by atoms with E-state index in [2.05, 4.69) is 10.2 Å². The second-order valence-corrected chi connectivity index (χ2v) is 8.48. The lowest BCUT2D eigenvalue weighted by atomic mass is 10.1. The number of aryl methyl sites for hydroxylation is 1. The molecule has 6 nitrogen and oxygen atoms in total. The lowest BCUT2D eigenvalue weighted by Gasteiger charge is -2.22. The number of anilines is 1. The minimum atomic E-state index is -0.186. The number of benzene rings is 3. The van der Waals surface area contributed by atoms with E-state index in [1.165, 1.54) is 5.56 Å². The van der Waals surface area contributed by atoms with Gasteiger partial charge in [0.2, 0.25) is 5.95 Å². The number of amides is 1. The highest BCUT2D eigenvalue weighted by molar-refractivity contribution is 5.97. The van der Waals surface area contributed by atoms with Crippen molar-refractivity contribution in [1.82, 2.24) is 14.9 Å². The van der Waals surface area contributed by atoms with Crippen LogP contribution in [0.2, 0.25) is 0 Å². The van der Waals surface area contributed by atoms with Crippen molar-refractivity contribution in [2.45, 2.75) is 26.3 Å². The molecule has 1 fully saturated rings. The third kappa shape index (κ3) is 4.24. The second kappa shape index (κ2) is 8.90. The molecule has 0 saturated carbocycles. The topological polar surface area (TPSA) is 67.2 Å². The number of carbonyl (C=O) groups excluding carboxylic acids is 1. The van der Waals surface area contributed by atoms with Crippen LogP contribution in [0, 0.1) is 6.92 Å². The Hall–Kier alpha value is -3.93. The van der Waals surface area contributed by atoms with Crippen LogP contribution in [0.25, 0.3) is 16.6 Å². The number of hydrogen-bond acceptors (Lipinski definition) is 4. The van der Waals surface area contributed by atoms with Crippen molar-refractivity contribution >= 4 is 22.8 Å². The van der Waals surface area contributed by atoms with Gasteiger partial charge in [0.05, 0.1) is 16.6 Å². The van der Waals surface area contributed by atoms with E-state index < -0.39 is 0 Å². The Morgan fingerprint density at radius 2 is 1.70 bits per heavy atom. The maximum atomic E-state index is 13.5. The summed E-state index contributed by atoms with van der Waals surface area (Å²) in [7, 11) is 0. The van der Waals surface area contributed by atoms with Crippen molar-refractivity contribution < 1.29 is 4.79 Å². The molecule has 6 heteroatoms. The molecule has 5 rings (SSSR count). The van der Waals surface area contributed by atoms with Crippen LogP contribution in [0.15, 0.2) is 77.6 Å². The number of hydrogen-bond donors (Lipinski definition) is 1. The molecule has 0 unspecified atom stereocenters. The van der Waals surface area contributed by atoms with Crippen molar-refractivity contribution in [2.24, 2.45) is 0 Å². The number of nitrogens with zero attached hydrogens (tertiary/aromatic N) is 3. The minimum Gasteiger partial charge on any atom is -0.348 e. The zero-order valence-electron chi connectivity index (χ0n) is 18.6. The summed E-state index contributed by atoms with van der Waals surface area (Å²) in [6.07, 6.45) is 2.15. The quantitative estimate of drug-likeness (QED) is 0.507. The molecule has 0 aliphatic carbocycles. The van der Waals surface area contributed by atoms with E-state index in [-0.39, 0.29) is 11.5 Å². The SMILES string of the molecule is Cc1ccc(CNC(=O)c2ccc3c(=O)n(-c4ccccc4)c(N4CCCC4)nc3c2)cc1. The van der Waals surface area contributed by atoms with Crippen molar-refractivity contribution in [3.8, 4) is 5.69 Å². The predicted octanol–water partition coefficient (Wildman–Crippen LogP) is 4.22. The van der Waals surface area contributed by atoms with Gasteiger partial charge in [0, 0.05) is 25.2 Å². The number of nitrogens with one attached hydrogen (secondary N) is 1. The first kappa shape index (κ1) is 20.9. The first-order valence-corrected chi connectivity index (χ1v) is 11.3. The molecule has 0 spiro atoms. The molecule has 3 aromatic carbocycles. The first-order chi connectivity index (χ1) is 16.1. The summed E-state index contributed by atoms with van der Waals surface area (Å²) in [5, 5.41) is 3.46. The van der Waals surface area contributed by atoms with E-state index >= 15 is 0 Å². The van der Waals surface area contributed by atoms with Crippen LogP contribution in [0.4, 0.5) is 5.95 Å². The standard InChI is InChI=1S/C27H26N4O2/c1-19-9-11-20(12-10-19)18-28-25(32)21-13-14-23-24(17-21)29-27(30-15-5-6-16-30)31(26(23)33)22-7-3-2-4-8-22/h2-4,7-14,17H,5-6,15-16,18H2,1H3,(H,28,32). The molecule has 0 bridgehead atoms. The van der Waals surface area contributed by atoms with E-state index in [1.807, 2.05) is 61.5 Å². The van der Waals surface area contributed by atoms with Crippen molar-refractivity contribution in [1.29, 1.82) is 0 Å². The fourth-order valence-corrected chi connectivity index (χ4v) is 4.24. The Morgan fingerprint density at radius 3 is 2.42 bits per heavy atom. The molecule has 33 heavy (non-hydrogen) atoms. The van der Waals surface area contributed by atoms with Gasteiger partial charge in [0.1, 0.15) is 0 Å². The monoisotopic (exact) mass is 438 g/mol. The maximum Gasteiger partial charge on any atom is 0.267 e. The van der Waals surface area contributed by atoms with Gasteiger partial charge < -0.3 is 10.2 Å². The van der Waals surface area contributed by atoms with Crippen molar-refractivity contribution in [2.75, 3.05) is 18.0 Å². The molecule has 4 aromatic rings. The van der Waals surface area contributed by atoms with Crippen LogP contribution in [0.1, 0.15) is 34.3 Å². The molecule has 166 valence electrons. The van der Waals surface area contributed by atoms with Gasteiger partial charge in [-0.3, -0.25) is 9.59 Å². The maximum absolute atomic E-state index is 13.5. The van der Waals surface area contributed by atoms with E-state index in [1.54, 1.807) is 22.8 Å². The van der Waals surface area contributed by atoms with Crippen molar-refractivity contribution in [3.05, 3.63) is 99.8 Å². The molecular formula is C27H26N4O2. The summed E-state index contributed by atoms with van der Waals surface area (Å²) in [6, 6.07) is 22.8. The molecular weight excluding hydrogens is 412 g/mol. The van der Waals surface area contributed by atoms with Crippen molar-refractivity contribution in [3.63, 3.8) is 0 Å². The zero-order chi connectivity index (χ0) is 22.8. The number of carbonyl (C=O) groups is 1. The summed E-state index contributed by atoms with van der Waals surface area (Å²) < 4.78 is 1.69. The average Bonchev–Trinajstić information content (AvgIpc) is 3.38. The van der Waals surface area contributed by atoms with Gasteiger partial charge in [0.25, 0.3) is 11.5 Å². The van der Waals surface area contributed by atoms with E-state index in [9.17, 15) is 9.59 Å². The van der Waals surface area contributed by atoms with Gasteiger partial charge in [-0.05, 0) is 55.7 Å². The summed E-state index contributed by atoms with van der Waals surface area (Å²) >= 11 is 0. The lowest BCUT2D eigenvalue weighted by Crippen LogP contribution is -2.30.